The smallest absolute Gasteiger partial charge is 0.0908 e. The fraction of sp³-hybridized carbons (Fsp3) is 0.800. The van der Waals surface area contributed by atoms with Crippen molar-refractivity contribution in [1.29, 1.82) is 5.26 Å². The van der Waals surface area contributed by atoms with Crippen LogP contribution in [0.4, 0.5) is 0 Å². The van der Waals surface area contributed by atoms with Gasteiger partial charge < -0.3 is 0 Å². The molecule has 0 spiro atoms. The first-order chi connectivity index (χ1) is 7.56. The van der Waals surface area contributed by atoms with Crippen LogP contribution in [-0.2, 0) is 0 Å². The summed E-state index contributed by atoms with van der Waals surface area (Å²) in [6, 6.07) is 2.02. The Hall–Kier alpha value is -0.770. The second-order valence-electron chi connectivity index (χ2n) is 5.75. The van der Waals surface area contributed by atoms with Gasteiger partial charge >= 0.3 is 0 Å². The maximum Gasteiger partial charge on any atom is 0.0908 e. The van der Waals surface area contributed by atoms with Crippen LogP contribution in [-0.4, -0.2) is 0 Å². The van der Waals surface area contributed by atoms with Crippen molar-refractivity contribution in [3.8, 4) is 6.07 Å². The Balaban J connectivity index is 3.11. The third-order valence-electron chi connectivity index (χ3n) is 2.74. The lowest BCUT2D eigenvalue weighted by Gasteiger charge is -2.17. The summed E-state index contributed by atoms with van der Waals surface area (Å²) < 4.78 is 0. The zero-order valence-corrected chi connectivity index (χ0v) is 11.3. The largest absolute Gasteiger partial charge is 0.193 e. The topological polar surface area (TPSA) is 23.8 Å². The van der Waals surface area contributed by atoms with E-state index in [2.05, 4.69) is 20.8 Å². The third-order valence-corrected chi connectivity index (χ3v) is 2.74. The first kappa shape index (κ1) is 15.2. The van der Waals surface area contributed by atoms with Crippen LogP contribution < -0.4 is 0 Å². The number of nitrogens with zero attached hydrogens (tertiary/aromatic N) is 1. The van der Waals surface area contributed by atoms with Crippen LogP contribution in [0.3, 0.4) is 0 Å². The van der Waals surface area contributed by atoms with Crippen molar-refractivity contribution in [2.45, 2.75) is 72.1 Å². The minimum atomic E-state index is 0.502. The normalized spacial score (nSPS) is 11.9. The van der Waals surface area contributed by atoms with E-state index in [9.17, 15) is 0 Å². The number of rotatable bonds is 8. The predicted molar refractivity (Wildman–Crippen MR) is 71.1 cm³/mol. The number of hydrogen-bond donors (Lipinski definition) is 0. The lowest BCUT2D eigenvalue weighted by Crippen LogP contribution is -2.03. The molecule has 0 aromatic rings. The highest BCUT2D eigenvalue weighted by atomic mass is 14.2. The molecule has 16 heavy (non-hydrogen) atoms. The number of nitriles is 1. The van der Waals surface area contributed by atoms with Gasteiger partial charge in [-0.25, -0.2) is 0 Å². The molecule has 92 valence electrons. The fourth-order valence-electron chi connectivity index (χ4n) is 1.76. The molecule has 0 aromatic carbocycles. The summed E-state index contributed by atoms with van der Waals surface area (Å²) in [5.41, 5.74) is 0.502. The van der Waals surface area contributed by atoms with E-state index in [4.69, 9.17) is 5.26 Å². The molecule has 1 nitrogen and oxygen atoms in total. The van der Waals surface area contributed by atoms with Gasteiger partial charge in [-0.2, -0.15) is 5.26 Å². The lowest BCUT2D eigenvalue weighted by molar-refractivity contribution is 0.356. The van der Waals surface area contributed by atoms with E-state index in [1.54, 1.807) is 6.08 Å². The summed E-state index contributed by atoms with van der Waals surface area (Å²) in [5.74, 6) is 0. The summed E-state index contributed by atoms with van der Waals surface area (Å²) in [5, 5.41) is 8.29. The summed E-state index contributed by atoms with van der Waals surface area (Å²) in [7, 11) is 0. The number of unbranched alkanes of at least 4 members (excludes halogenated alkanes) is 6. The van der Waals surface area contributed by atoms with Crippen molar-refractivity contribution in [2.24, 2.45) is 5.41 Å². The lowest BCUT2D eigenvalue weighted by atomic mass is 9.89. The maximum absolute atomic E-state index is 8.29. The molecule has 0 saturated carbocycles. The number of allylic oxidation sites excluding steroid dienone is 2. The van der Waals surface area contributed by atoms with E-state index in [0.717, 1.165) is 6.42 Å². The first-order valence-electron chi connectivity index (χ1n) is 6.61. The molecule has 0 radical (unpaired) electrons. The molecule has 0 aliphatic heterocycles. The Bertz CT molecular complexity index is 215. The quantitative estimate of drug-likeness (QED) is 0.406. The van der Waals surface area contributed by atoms with Crippen molar-refractivity contribution in [1.82, 2.24) is 0 Å². The summed E-state index contributed by atoms with van der Waals surface area (Å²) in [6.45, 7) is 6.94. The van der Waals surface area contributed by atoms with Gasteiger partial charge in [0, 0.05) is 6.08 Å². The van der Waals surface area contributed by atoms with Gasteiger partial charge in [0.15, 0.2) is 0 Å². The molecular formula is C15H27N. The highest BCUT2D eigenvalue weighted by molar-refractivity contribution is 5.01. The van der Waals surface area contributed by atoms with Gasteiger partial charge in [0.05, 0.1) is 6.07 Å². The molecule has 0 unspecified atom stereocenters. The van der Waals surface area contributed by atoms with E-state index in [-0.39, 0.29) is 0 Å². The molecule has 0 atom stereocenters. The molecule has 0 rings (SSSR count). The molecule has 1 heteroatoms. The Kier molecular flexibility index (Phi) is 9.00. The van der Waals surface area contributed by atoms with Crippen LogP contribution in [0.2, 0.25) is 0 Å². The minimum Gasteiger partial charge on any atom is -0.193 e. The van der Waals surface area contributed by atoms with Crippen LogP contribution >= 0.6 is 0 Å². The average molecular weight is 221 g/mol. The average Bonchev–Trinajstić information content (AvgIpc) is 2.19. The molecule has 0 heterocycles. The van der Waals surface area contributed by atoms with Crippen LogP contribution in [0.15, 0.2) is 12.2 Å². The third kappa shape index (κ3) is 13.2. The van der Waals surface area contributed by atoms with Crippen LogP contribution in [0, 0.1) is 16.7 Å². The molecule has 0 aliphatic carbocycles. The first-order valence-corrected chi connectivity index (χ1v) is 6.61. The van der Waals surface area contributed by atoms with Gasteiger partial charge in [-0.3, -0.25) is 0 Å². The van der Waals surface area contributed by atoms with Crippen molar-refractivity contribution in [2.75, 3.05) is 0 Å². The predicted octanol–water partition coefficient (Wildman–Crippen LogP) is 5.23. The second kappa shape index (κ2) is 9.46. The van der Waals surface area contributed by atoms with E-state index in [1.165, 1.54) is 44.9 Å². The van der Waals surface area contributed by atoms with Gasteiger partial charge in [0.2, 0.25) is 0 Å². The van der Waals surface area contributed by atoms with Crippen molar-refractivity contribution in [3.05, 3.63) is 12.2 Å². The molecular weight excluding hydrogens is 194 g/mol. The molecule has 0 amide bonds. The van der Waals surface area contributed by atoms with Gasteiger partial charge in [-0.05, 0) is 24.7 Å². The molecule has 0 bridgehead atoms. The van der Waals surface area contributed by atoms with E-state index in [0.29, 0.717) is 5.41 Å². The van der Waals surface area contributed by atoms with Gasteiger partial charge in [-0.15, -0.1) is 0 Å². The summed E-state index contributed by atoms with van der Waals surface area (Å²) >= 11 is 0. The fourth-order valence-corrected chi connectivity index (χ4v) is 1.76. The van der Waals surface area contributed by atoms with E-state index in [1.807, 2.05) is 12.1 Å². The summed E-state index contributed by atoms with van der Waals surface area (Å²) in [4.78, 5) is 0. The monoisotopic (exact) mass is 221 g/mol. The van der Waals surface area contributed by atoms with Gasteiger partial charge in [-0.1, -0.05) is 59.0 Å². The maximum atomic E-state index is 8.29. The van der Waals surface area contributed by atoms with Crippen LogP contribution in [0.5, 0.6) is 0 Å². The Labute approximate surface area is 102 Å². The highest BCUT2D eigenvalue weighted by Crippen LogP contribution is 2.22. The van der Waals surface area contributed by atoms with Crippen molar-refractivity contribution in [3.63, 3.8) is 0 Å². The molecule has 0 fully saturated rings. The standard InChI is InChI=1S/C15H27N/c1-15(2,3)13-11-9-7-5-4-6-8-10-12-14-16/h10,12H,4-9,11,13H2,1-3H3. The highest BCUT2D eigenvalue weighted by Gasteiger charge is 2.08. The Morgan fingerprint density at radius 3 is 2.06 bits per heavy atom. The Morgan fingerprint density at radius 2 is 1.50 bits per heavy atom. The minimum absolute atomic E-state index is 0.502. The van der Waals surface area contributed by atoms with Gasteiger partial charge in [0.1, 0.15) is 0 Å². The van der Waals surface area contributed by atoms with E-state index < -0.39 is 0 Å². The molecule has 0 aliphatic rings. The van der Waals surface area contributed by atoms with E-state index >= 15 is 0 Å². The second-order valence-corrected chi connectivity index (χ2v) is 5.75. The van der Waals surface area contributed by atoms with Crippen LogP contribution in [0.25, 0.3) is 0 Å². The van der Waals surface area contributed by atoms with Crippen molar-refractivity contribution >= 4 is 0 Å². The zero-order valence-electron chi connectivity index (χ0n) is 11.3. The van der Waals surface area contributed by atoms with Crippen LogP contribution in [0.1, 0.15) is 72.1 Å². The van der Waals surface area contributed by atoms with Gasteiger partial charge in [0.25, 0.3) is 0 Å². The molecule has 0 N–H and O–H groups in total. The summed E-state index contributed by atoms with van der Waals surface area (Å²) in [6.07, 6.45) is 14.0. The molecule has 0 saturated heterocycles. The number of hydrogen-bond acceptors (Lipinski definition) is 1. The zero-order chi connectivity index (χ0) is 12.3. The Morgan fingerprint density at radius 1 is 0.938 bits per heavy atom. The SMILES string of the molecule is CC(C)(C)CCCCCCCCC=CC#N. The molecule has 0 aromatic heterocycles. The van der Waals surface area contributed by atoms with Crippen molar-refractivity contribution < 1.29 is 0 Å².